The minimum absolute atomic E-state index is 0.0238. The fourth-order valence-corrected chi connectivity index (χ4v) is 8.81. The Labute approximate surface area is 239 Å². The standard InChI is InChI=1S/C32H30N2O6S/c35-30-28-26-22-8-2-3-9-23(22)27(25-11-5-4-10-24(25)26)29(28)31(36)34(30)18-19-40-32(37)20-12-14-21(15-13-20)41(38,39)33-16-6-1-7-17-33/h2-5,8-15,26-29H,1,6-7,16-19H2. The molecular formula is C32H30N2O6S. The maximum Gasteiger partial charge on any atom is 0.338 e. The van der Waals surface area contributed by atoms with Gasteiger partial charge in [-0.3, -0.25) is 14.5 Å². The van der Waals surface area contributed by atoms with Gasteiger partial charge in [0.2, 0.25) is 21.8 Å². The molecule has 210 valence electrons. The lowest BCUT2D eigenvalue weighted by Crippen LogP contribution is -2.41. The van der Waals surface area contributed by atoms with Crippen molar-refractivity contribution < 1.29 is 27.5 Å². The molecule has 2 unspecified atom stereocenters. The lowest BCUT2D eigenvalue weighted by molar-refractivity contribution is -0.140. The summed E-state index contributed by atoms with van der Waals surface area (Å²) in [6, 6.07) is 21.9. The molecule has 3 aromatic carbocycles. The number of piperidine rings is 1. The number of carbonyl (C=O) groups excluding carboxylic acids is 3. The minimum atomic E-state index is -3.60. The highest BCUT2D eigenvalue weighted by molar-refractivity contribution is 7.89. The monoisotopic (exact) mass is 570 g/mol. The van der Waals surface area contributed by atoms with Crippen LogP contribution in [0, 0.1) is 11.8 Å². The fourth-order valence-electron chi connectivity index (χ4n) is 7.29. The largest absolute Gasteiger partial charge is 0.460 e. The summed E-state index contributed by atoms with van der Waals surface area (Å²) in [5.41, 5.74) is 4.64. The van der Waals surface area contributed by atoms with E-state index in [1.165, 1.54) is 33.5 Å². The number of likely N-dealkylation sites (tertiary alicyclic amines) is 1. The van der Waals surface area contributed by atoms with E-state index in [1.807, 2.05) is 24.3 Å². The molecule has 5 aliphatic rings. The van der Waals surface area contributed by atoms with Crippen molar-refractivity contribution in [3.05, 3.63) is 101 Å². The number of ether oxygens (including phenoxy) is 1. The van der Waals surface area contributed by atoms with Crippen molar-refractivity contribution in [2.24, 2.45) is 11.8 Å². The molecule has 2 amide bonds. The summed E-state index contributed by atoms with van der Waals surface area (Å²) in [4.78, 5) is 41.5. The Morgan fingerprint density at radius 2 is 1.22 bits per heavy atom. The number of nitrogens with zero attached hydrogens (tertiary/aromatic N) is 2. The zero-order valence-corrected chi connectivity index (χ0v) is 23.3. The third-order valence-electron chi connectivity index (χ3n) is 9.13. The summed E-state index contributed by atoms with van der Waals surface area (Å²) in [7, 11) is -3.60. The second-order valence-electron chi connectivity index (χ2n) is 11.2. The Morgan fingerprint density at radius 1 is 0.732 bits per heavy atom. The summed E-state index contributed by atoms with van der Waals surface area (Å²) in [5.74, 6) is -2.37. The van der Waals surface area contributed by atoms with Gasteiger partial charge in [-0.25, -0.2) is 13.2 Å². The maximum absolute atomic E-state index is 13.7. The number of imide groups is 1. The number of esters is 1. The number of benzene rings is 3. The van der Waals surface area contributed by atoms with Gasteiger partial charge in [0.15, 0.2) is 0 Å². The van der Waals surface area contributed by atoms with E-state index < -0.39 is 27.8 Å². The van der Waals surface area contributed by atoms with E-state index in [2.05, 4.69) is 24.3 Å². The molecule has 0 N–H and O–H groups in total. The van der Waals surface area contributed by atoms with Gasteiger partial charge in [-0.1, -0.05) is 55.0 Å². The highest BCUT2D eigenvalue weighted by atomic mass is 32.2. The third kappa shape index (κ3) is 4.05. The number of sulfonamides is 1. The van der Waals surface area contributed by atoms with Crippen molar-refractivity contribution >= 4 is 27.8 Å². The molecule has 0 radical (unpaired) electrons. The zero-order valence-electron chi connectivity index (χ0n) is 22.4. The van der Waals surface area contributed by atoms with Gasteiger partial charge in [-0.15, -0.1) is 0 Å². The zero-order chi connectivity index (χ0) is 28.3. The van der Waals surface area contributed by atoms with Crippen LogP contribution in [0.15, 0.2) is 77.7 Å². The van der Waals surface area contributed by atoms with Crippen LogP contribution in [-0.4, -0.2) is 61.6 Å². The SMILES string of the molecule is O=C(OCCN1C(=O)C2C3c4ccccc4C(c4ccccc43)C2C1=O)c1ccc(S(=O)(=O)N2CCCCC2)cc1. The van der Waals surface area contributed by atoms with Gasteiger partial charge in [-0.2, -0.15) is 4.31 Å². The van der Waals surface area contributed by atoms with E-state index in [4.69, 9.17) is 4.74 Å². The van der Waals surface area contributed by atoms with Crippen molar-refractivity contribution in [3.8, 4) is 0 Å². The average Bonchev–Trinajstić information content (AvgIpc) is 3.27. The first-order valence-corrected chi connectivity index (χ1v) is 15.6. The van der Waals surface area contributed by atoms with Gasteiger partial charge in [0, 0.05) is 24.9 Å². The van der Waals surface area contributed by atoms with E-state index in [9.17, 15) is 22.8 Å². The molecule has 41 heavy (non-hydrogen) atoms. The second kappa shape index (κ2) is 9.92. The number of hydrogen-bond donors (Lipinski definition) is 0. The van der Waals surface area contributed by atoms with Crippen molar-refractivity contribution in [1.82, 2.24) is 9.21 Å². The number of carbonyl (C=O) groups is 3. The van der Waals surface area contributed by atoms with E-state index >= 15 is 0 Å². The van der Waals surface area contributed by atoms with Gasteiger partial charge in [0.1, 0.15) is 6.61 Å². The van der Waals surface area contributed by atoms with Crippen molar-refractivity contribution in [1.29, 1.82) is 0 Å². The lowest BCUT2D eigenvalue weighted by Gasteiger charge is -2.45. The molecule has 3 aromatic rings. The van der Waals surface area contributed by atoms with Gasteiger partial charge in [0.25, 0.3) is 0 Å². The predicted molar refractivity (Wildman–Crippen MR) is 150 cm³/mol. The lowest BCUT2D eigenvalue weighted by atomic mass is 9.55. The van der Waals surface area contributed by atoms with Gasteiger partial charge in [-0.05, 0) is 59.4 Å². The molecule has 2 bridgehead atoms. The average molecular weight is 571 g/mol. The molecule has 0 saturated carbocycles. The molecule has 8 rings (SSSR count). The van der Waals surface area contributed by atoms with Crippen LogP contribution in [-0.2, 0) is 24.3 Å². The Morgan fingerprint density at radius 3 is 1.71 bits per heavy atom. The van der Waals surface area contributed by atoms with Crippen LogP contribution in [0.5, 0.6) is 0 Å². The van der Waals surface area contributed by atoms with Crippen LogP contribution in [0.25, 0.3) is 0 Å². The number of amides is 2. The number of hydrogen-bond acceptors (Lipinski definition) is 6. The minimum Gasteiger partial charge on any atom is -0.460 e. The van der Waals surface area contributed by atoms with E-state index in [-0.39, 0.29) is 47.3 Å². The van der Waals surface area contributed by atoms with Crippen molar-refractivity contribution in [2.45, 2.75) is 36.0 Å². The molecule has 2 heterocycles. The quantitative estimate of drug-likeness (QED) is 0.329. The van der Waals surface area contributed by atoms with Crippen LogP contribution < -0.4 is 0 Å². The second-order valence-corrected chi connectivity index (χ2v) is 13.2. The molecular weight excluding hydrogens is 540 g/mol. The molecule has 2 fully saturated rings. The maximum atomic E-state index is 13.7. The Hall–Kier alpha value is -3.82. The highest BCUT2D eigenvalue weighted by Crippen LogP contribution is 2.60. The Bertz CT molecular complexity index is 1550. The summed E-state index contributed by atoms with van der Waals surface area (Å²) < 4.78 is 32.7. The predicted octanol–water partition coefficient (Wildman–Crippen LogP) is 3.91. The van der Waals surface area contributed by atoms with Crippen LogP contribution in [0.2, 0.25) is 0 Å². The van der Waals surface area contributed by atoms with Gasteiger partial charge >= 0.3 is 5.97 Å². The number of rotatable bonds is 6. The smallest absolute Gasteiger partial charge is 0.338 e. The Balaban J connectivity index is 1.04. The highest BCUT2D eigenvalue weighted by Gasteiger charge is 2.61. The van der Waals surface area contributed by atoms with E-state index in [0.29, 0.717) is 13.1 Å². The van der Waals surface area contributed by atoms with Crippen LogP contribution in [0.3, 0.4) is 0 Å². The Kier molecular flexibility index (Phi) is 6.32. The van der Waals surface area contributed by atoms with Gasteiger partial charge in [0.05, 0.1) is 28.8 Å². The molecule has 0 spiro atoms. The summed E-state index contributed by atoms with van der Waals surface area (Å²) in [5, 5.41) is 0. The van der Waals surface area contributed by atoms with Crippen molar-refractivity contribution in [2.75, 3.05) is 26.2 Å². The first-order chi connectivity index (χ1) is 19.9. The molecule has 8 nitrogen and oxygen atoms in total. The molecule has 2 atom stereocenters. The summed E-state index contributed by atoms with van der Waals surface area (Å²) in [6.07, 6.45) is 2.71. The molecule has 0 aromatic heterocycles. The first-order valence-electron chi connectivity index (χ1n) is 14.2. The van der Waals surface area contributed by atoms with Crippen LogP contribution in [0.4, 0.5) is 0 Å². The van der Waals surface area contributed by atoms with E-state index in [0.717, 1.165) is 41.5 Å². The molecule has 2 saturated heterocycles. The normalized spacial score (nSPS) is 25.0. The van der Waals surface area contributed by atoms with Crippen molar-refractivity contribution in [3.63, 3.8) is 0 Å². The third-order valence-corrected chi connectivity index (χ3v) is 11.0. The molecule has 3 aliphatic carbocycles. The molecule has 2 aliphatic heterocycles. The molecule has 9 heteroatoms. The van der Waals surface area contributed by atoms with E-state index in [1.54, 1.807) is 0 Å². The first kappa shape index (κ1) is 26.1. The van der Waals surface area contributed by atoms with Crippen LogP contribution in [0.1, 0.15) is 63.7 Å². The fraction of sp³-hybridized carbons (Fsp3) is 0.344. The summed E-state index contributed by atoms with van der Waals surface area (Å²) in [6.45, 7) is 0.839. The van der Waals surface area contributed by atoms with Crippen LogP contribution >= 0.6 is 0 Å². The van der Waals surface area contributed by atoms with Gasteiger partial charge < -0.3 is 4.74 Å². The summed E-state index contributed by atoms with van der Waals surface area (Å²) >= 11 is 0. The topological polar surface area (TPSA) is 101 Å².